The van der Waals surface area contributed by atoms with E-state index in [2.05, 4.69) is 32.1 Å². The van der Waals surface area contributed by atoms with E-state index in [1.807, 2.05) is 38.1 Å². The Hall–Kier alpha value is -2.29. The summed E-state index contributed by atoms with van der Waals surface area (Å²) in [7, 11) is 0. The number of allylic oxidation sites excluding steroid dienone is 2. The van der Waals surface area contributed by atoms with Gasteiger partial charge in [-0.25, -0.2) is 0 Å². The maximum Gasteiger partial charge on any atom is 0.311 e. The van der Waals surface area contributed by atoms with Crippen LogP contribution in [0.5, 0.6) is 0 Å². The Kier molecular flexibility index (Phi) is 4.36. The number of carboxylic acid groups (broad SMARTS) is 1. The molecule has 3 rings (SSSR count). The van der Waals surface area contributed by atoms with Crippen molar-refractivity contribution in [3.05, 3.63) is 71.2 Å². The Morgan fingerprint density at radius 1 is 1.20 bits per heavy atom. The highest BCUT2D eigenvalue weighted by Gasteiger charge is 2.74. The topological polar surface area (TPSA) is 50.4 Å². The van der Waals surface area contributed by atoms with Gasteiger partial charge >= 0.3 is 5.97 Å². The van der Waals surface area contributed by atoms with Crippen LogP contribution in [0.2, 0.25) is 0 Å². The van der Waals surface area contributed by atoms with Gasteiger partial charge in [0.2, 0.25) is 0 Å². The van der Waals surface area contributed by atoms with Crippen LogP contribution < -0.4 is 0 Å². The van der Waals surface area contributed by atoms with Crippen molar-refractivity contribution in [2.45, 2.75) is 40.5 Å². The van der Waals surface area contributed by atoms with Crippen LogP contribution in [-0.2, 0) is 17.6 Å². The van der Waals surface area contributed by atoms with Crippen LogP contribution in [0, 0.1) is 16.7 Å². The molecule has 0 aliphatic heterocycles. The third-order valence-electron chi connectivity index (χ3n) is 5.67. The van der Waals surface area contributed by atoms with Crippen molar-refractivity contribution in [1.29, 1.82) is 0 Å². The van der Waals surface area contributed by atoms with E-state index in [4.69, 9.17) is 4.42 Å². The van der Waals surface area contributed by atoms with Crippen LogP contribution in [0.15, 0.2) is 58.7 Å². The fraction of sp³-hybridized carbons (Fsp3) is 0.409. The van der Waals surface area contributed by atoms with Crippen molar-refractivity contribution < 1.29 is 14.3 Å². The number of benzene rings is 1. The van der Waals surface area contributed by atoms with E-state index in [-0.39, 0.29) is 11.3 Å². The molecular formula is C22H26O3. The zero-order chi connectivity index (χ0) is 18.2. The van der Waals surface area contributed by atoms with Crippen molar-refractivity contribution in [2.75, 3.05) is 0 Å². The molecule has 1 aromatic heterocycles. The van der Waals surface area contributed by atoms with Gasteiger partial charge in [-0.15, -0.1) is 0 Å². The van der Waals surface area contributed by atoms with Crippen LogP contribution in [0.4, 0.5) is 0 Å². The molecule has 0 radical (unpaired) electrons. The second kappa shape index (κ2) is 6.21. The monoisotopic (exact) mass is 338 g/mol. The average molecular weight is 338 g/mol. The fourth-order valence-corrected chi connectivity index (χ4v) is 4.13. The summed E-state index contributed by atoms with van der Waals surface area (Å²) in [5.74, 6) is 0.208. The molecule has 1 heterocycles. The second-order valence-electron chi connectivity index (χ2n) is 7.98. The van der Waals surface area contributed by atoms with Gasteiger partial charge in [-0.2, -0.15) is 0 Å². The van der Waals surface area contributed by atoms with Gasteiger partial charge in [-0.3, -0.25) is 4.79 Å². The largest absolute Gasteiger partial charge is 0.481 e. The Balaban J connectivity index is 1.81. The maximum atomic E-state index is 12.1. The minimum Gasteiger partial charge on any atom is -0.481 e. The first-order chi connectivity index (χ1) is 11.8. The van der Waals surface area contributed by atoms with Gasteiger partial charge in [0.05, 0.1) is 11.7 Å². The number of aliphatic carboxylic acids is 1. The third-order valence-corrected chi connectivity index (χ3v) is 5.67. The molecule has 0 bridgehead atoms. The number of rotatable bonds is 6. The Morgan fingerprint density at radius 3 is 2.48 bits per heavy atom. The Morgan fingerprint density at radius 2 is 1.88 bits per heavy atom. The highest BCUT2D eigenvalue weighted by atomic mass is 16.4. The summed E-state index contributed by atoms with van der Waals surface area (Å²) in [6.45, 7) is 8.15. The summed E-state index contributed by atoms with van der Waals surface area (Å²) < 4.78 is 5.70. The smallest absolute Gasteiger partial charge is 0.311 e. The second-order valence-corrected chi connectivity index (χ2v) is 7.98. The molecule has 1 unspecified atom stereocenters. The summed E-state index contributed by atoms with van der Waals surface area (Å²) in [6.07, 6.45) is 5.06. The molecule has 1 saturated carbocycles. The van der Waals surface area contributed by atoms with Crippen LogP contribution in [-0.4, -0.2) is 11.1 Å². The van der Waals surface area contributed by atoms with Gasteiger partial charge < -0.3 is 9.52 Å². The molecule has 1 N–H and O–H groups in total. The van der Waals surface area contributed by atoms with Crippen molar-refractivity contribution in [3.8, 4) is 0 Å². The molecule has 25 heavy (non-hydrogen) atoms. The predicted octanol–water partition coefficient (Wildman–Crippen LogP) is 5.11. The van der Waals surface area contributed by atoms with Gasteiger partial charge in [-0.1, -0.05) is 55.8 Å². The van der Waals surface area contributed by atoms with E-state index in [0.29, 0.717) is 6.42 Å². The normalized spacial score (nSPS) is 23.9. The zero-order valence-electron chi connectivity index (χ0n) is 15.4. The summed E-state index contributed by atoms with van der Waals surface area (Å²) in [6, 6.07) is 12.1. The summed E-state index contributed by atoms with van der Waals surface area (Å²) in [5.41, 5.74) is 2.31. The van der Waals surface area contributed by atoms with E-state index in [0.717, 1.165) is 23.3 Å². The minimum atomic E-state index is -0.752. The first kappa shape index (κ1) is 17.5. The van der Waals surface area contributed by atoms with Gasteiger partial charge in [0.15, 0.2) is 0 Å². The summed E-state index contributed by atoms with van der Waals surface area (Å²) in [4.78, 5) is 12.1. The van der Waals surface area contributed by atoms with E-state index in [9.17, 15) is 9.90 Å². The molecular weight excluding hydrogens is 312 g/mol. The minimum absolute atomic E-state index is 0.0509. The lowest BCUT2D eigenvalue weighted by Crippen LogP contribution is -2.24. The predicted molar refractivity (Wildman–Crippen MR) is 98.4 cm³/mol. The van der Waals surface area contributed by atoms with Crippen molar-refractivity contribution in [1.82, 2.24) is 0 Å². The highest BCUT2D eigenvalue weighted by Crippen LogP contribution is 2.71. The Bertz CT molecular complexity index is 794. The molecule has 1 fully saturated rings. The molecule has 1 aromatic carbocycles. The third kappa shape index (κ3) is 3.04. The lowest BCUT2D eigenvalue weighted by Gasteiger charge is -2.14. The molecule has 0 saturated heterocycles. The van der Waals surface area contributed by atoms with Crippen LogP contribution >= 0.6 is 0 Å². The zero-order valence-corrected chi connectivity index (χ0v) is 15.4. The first-order valence-corrected chi connectivity index (χ1v) is 8.76. The van der Waals surface area contributed by atoms with E-state index in [1.54, 1.807) is 6.26 Å². The number of hydrogen-bond donors (Lipinski definition) is 1. The Labute approximate surface area is 149 Å². The van der Waals surface area contributed by atoms with Gasteiger partial charge in [0, 0.05) is 12.3 Å². The van der Waals surface area contributed by atoms with Crippen LogP contribution in [0.1, 0.15) is 44.6 Å². The van der Waals surface area contributed by atoms with E-state index < -0.39 is 11.4 Å². The van der Waals surface area contributed by atoms with Gasteiger partial charge in [0.1, 0.15) is 5.76 Å². The number of carbonyl (C=O) groups is 1. The van der Waals surface area contributed by atoms with E-state index >= 15 is 0 Å². The van der Waals surface area contributed by atoms with Crippen molar-refractivity contribution >= 4 is 5.97 Å². The number of carboxylic acids is 1. The van der Waals surface area contributed by atoms with Crippen LogP contribution in [0.3, 0.4) is 0 Å². The van der Waals surface area contributed by atoms with Gasteiger partial charge in [-0.05, 0) is 42.9 Å². The van der Waals surface area contributed by atoms with Crippen molar-refractivity contribution in [3.63, 3.8) is 0 Å². The van der Waals surface area contributed by atoms with Crippen LogP contribution in [0.25, 0.3) is 0 Å². The van der Waals surface area contributed by atoms with Gasteiger partial charge in [0.25, 0.3) is 0 Å². The highest BCUT2D eigenvalue weighted by molar-refractivity contribution is 5.82. The summed E-state index contributed by atoms with van der Waals surface area (Å²) in [5, 5.41) is 9.97. The quantitative estimate of drug-likeness (QED) is 0.745. The van der Waals surface area contributed by atoms with E-state index in [1.165, 1.54) is 5.56 Å². The maximum absolute atomic E-state index is 12.1. The van der Waals surface area contributed by atoms with Crippen molar-refractivity contribution in [2.24, 2.45) is 16.7 Å². The molecule has 2 aromatic rings. The molecule has 3 heteroatoms. The lowest BCUT2D eigenvalue weighted by molar-refractivity contribution is -0.145. The molecule has 0 amide bonds. The first-order valence-electron chi connectivity index (χ1n) is 8.76. The molecule has 3 nitrogen and oxygen atoms in total. The summed E-state index contributed by atoms with van der Waals surface area (Å²) >= 11 is 0. The number of hydrogen-bond acceptors (Lipinski definition) is 2. The number of furan rings is 1. The fourth-order valence-electron chi connectivity index (χ4n) is 4.13. The molecule has 0 spiro atoms. The lowest BCUT2D eigenvalue weighted by atomic mass is 9.89. The molecule has 1 aliphatic rings. The standard InChI is InChI=1S/C22H26O3/c1-15(2)10-19-21(3,4)22(19,20(23)24)13-17-12-18(25-14-17)11-16-8-6-5-7-9-16/h5-10,12,14,19H,11,13H2,1-4H3,(H,23,24)/t19?,22-/m0/s1. The average Bonchev–Trinajstić information content (AvgIpc) is 2.85. The molecule has 132 valence electrons. The molecule has 1 aliphatic carbocycles. The SMILES string of the molecule is CC(C)=CC1C(C)(C)[C@]1(Cc1coc(Cc2ccccc2)c1)C(=O)O. The molecule has 2 atom stereocenters.